The zero-order valence-corrected chi connectivity index (χ0v) is 15.1. The maximum Gasteiger partial charge on any atom is 0.223 e. The number of nitrogens with one attached hydrogen (secondary N) is 1. The van der Waals surface area contributed by atoms with Crippen LogP contribution in [0.15, 0.2) is 0 Å². The average Bonchev–Trinajstić information content (AvgIpc) is 2.33. The Morgan fingerprint density at radius 2 is 1.86 bits per heavy atom. The molecule has 0 unspecified atom stereocenters. The molecule has 1 amide bonds. The average molecular weight is 313 g/mol. The van der Waals surface area contributed by atoms with E-state index in [4.69, 9.17) is 9.47 Å². The highest BCUT2D eigenvalue weighted by molar-refractivity contribution is 5.79. The molecule has 4 heteroatoms. The van der Waals surface area contributed by atoms with Crippen LogP contribution < -0.4 is 5.32 Å². The van der Waals surface area contributed by atoms with Crippen molar-refractivity contribution < 1.29 is 14.3 Å². The second-order valence-corrected chi connectivity index (χ2v) is 7.80. The predicted molar refractivity (Wildman–Crippen MR) is 89.9 cm³/mol. The van der Waals surface area contributed by atoms with Gasteiger partial charge in [0.05, 0.1) is 11.7 Å². The van der Waals surface area contributed by atoms with Gasteiger partial charge in [0.25, 0.3) is 0 Å². The molecule has 0 aliphatic heterocycles. The normalized spacial score (nSPS) is 21.7. The van der Waals surface area contributed by atoms with Crippen molar-refractivity contribution in [3.63, 3.8) is 0 Å². The second-order valence-electron chi connectivity index (χ2n) is 7.80. The maximum absolute atomic E-state index is 11.9. The first kappa shape index (κ1) is 19.4. The molecule has 0 atom stereocenters. The van der Waals surface area contributed by atoms with Crippen LogP contribution in [0.25, 0.3) is 0 Å². The van der Waals surface area contributed by atoms with Crippen LogP contribution in [0.5, 0.6) is 0 Å². The summed E-state index contributed by atoms with van der Waals surface area (Å²) in [6.45, 7) is 12.8. The van der Waals surface area contributed by atoms with Crippen molar-refractivity contribution in [3.8, 4) is 0 Å². The molecule has 1 aliphatic rings. The third-order valence-electron chi connectivity index (χ3n) is 3.90. The molecular weight excluding hydrogens is 278 g/mol. The minimum atomic E-state index is -0.0991. The third-order valence-corrected chi connectivity index (χ3v) is 3.90. The predicted octanol–water partition coefficient (Wildman–Crippen LogP) is 3.54. The summed E-state index contributed by atoms with van der Waals surface area (Å²) in [5.74, 6) is 1.07. The van der Waals surface area contributed by atoms with Crippen molar-refractivity contribution in [2.24, 2.45) is 11.8 Å². The number of carbonyl (C=O) groups excluding carboxylic acids is 1. The van der Waals surface area contributed by atoms with E-state index in [1.807, 2.05) is 20.8 Å². The van der Waals surface area contributed by atoms with Crippen molar-refractivity contribution in [3.05, 3.63) is 0 Å². The fourth-order valence-corrected chi connectivity index (χ4v) is 2.46. The smallest absolute Gasteiger partial charge is 0.223 e. The SMILES string of the molecule is CC(C)CCCO[C@H]1C[C@@H](C(=O)NCCCOC(C)(C)C)C1. The Labute approximate surface area is 136 Å². The van der Waals surface area contributed by atoms with Crippen molar-refractivity contribution >= 4 is 5.91 Å². The van der Waals surface area contributed by atoms with Crippen LogP contribution in [0.1, 0.15) is 66.7 Å². The summed E-state index contributed by atoms with van der Waals surface area (Å²) in [5, 5.41) is 3.00. The summed E-state index contributed by atoms with van der Waals surface area (Å²) in [6, 6.07) is 0. The van der Waals surface area contributed by atoms with E-state index in [-0.39, 0.29) is 17.4 Å². The molecule has 0 spiro atoms. The Morgan fingerprint density at radius 1 is 1.18 bits per heavy atom. The van der Waals surface area contributed by atoms with Crippen LogP contribution in [0.3, 0.4) is 0 Å². The molecule has 0 bridgehead atoms. The van der Waals surface area contributed by atoms with Gasteiger partial charge in [0.1, 0.15) is 0 Å². The van der Waals surface area contributed by atoms with Gasteiger partial charge in [-0.05, 0) is 58.8 Å². The molecule has 22 heavy (non-hydrogen) atoms. The lowest BCUT2D eigenvalue weighted by Gasteiger charge is -2.34. The molecular formula is C18H35NO3. The van der Waals surface area contributed by atoms with E-state index in [0.717, 1.165) is 38.2 Å². The maximum atomic E-state index is 11.9. The van der Waals surface area contributed by atoms with Crippen LogP contribution in [-0.2, 0) is 14.3 Å². The van der Waals surface area contributed by atoms with Gasteiger partial charge >= 0.3 is 0 Å². The quantitative estimate of drug-likeness (QED) is 0.628. The van der Waals surface area contributed by atoms with E-state index in [1.54, 1.807) is 0 Å². The zero-order chi connectivity index (χ0) is 16.6. The molecule has 0 radical (unpaired) electrons. The van der Waals surface area contributed by atoms with E-state index >= 15 is 0 Å². The molecule has 0 saturated heterocycles. The molecule has 1 saturated carbocycles. The largest absolute Gasteiger partial charge is 0.378 e. The topological polar surface area (TPSA) is 47.6 Å². The van der Waals surface area contributed by atoms with Gasteiger partial charge in [0.15, 0.2) is 0 Å². The van der Waals surface area contributed by atoms with Gasteiger partial charge in [-0.1, -0.05) is 13.8 Å². The first-order chi connectivity index (χ1) is 10.3. The highest BCUT2D eigenvalue weighted by Gasteiger charge is 2.34. The van der Waals surface area contributed by atoms with Crippen molar-refractivity contribution in [1.82, 2.24) is 5.32 Å². The van der Waals surface area contributed by atoms with Crippen LogP contribution in [-0.4, -0.2) is 37.4 Å². The number of hydrogen-bond donors (Lipinski definition) is 1. The van der Waals surface area contributed by atoms with Gasteiger partial charge in [-0.15, -0.1) is 0 Å². The molecule has 4 nitrogen and oxygen atoms in total. The zero-order valence-electron chi connectivity index (χ0n) is 15.1. The molecule has 1 N–H and O–H groups in total. The summed E-state index contributed by atoms with van der Waals surface area (Å²) in [4.78, 5) is 11.9. The Hall–Kier alpha value is -0.610. The number of ether oxygens (including phenoxy) is 2. The fourth-order valence-electron chi connectivity index (χ4n) is 2.46. The standard InChI is InChI=1S/C18H35NO3/c1-14(2)8-6-10-21-16-12-15(13-16)17(20)19-9-7-11-22-18(3,4)5/h14-16H,6-13H2,1-5H3,(H,19,20)/t15-,16+. The van der Waals surface area contributed by atoms with E-state index in [0.29, 0.717) is 19.3 Å². The minimum absolute atomic E-state index is 0.0991. The van der Waals surface area contributed by atoms with Gasteiger partial charge in [-0.2, -0.15) is 0 Å². The van der Waals surface area contributed by atoms with E-state index < -0.39 is 0 Å². The summed E-state index contributed by atoms with van der Waals surface area (Å²) in [5.41, 5.74) is -0.0991. The summed E-state index contributed by atoms with van der Waals surface area (Å²) < 4.78 is 11.4. The monoisotopic (exact) mass is 313 g/mol. The van der Waals surface area contributed by atoms with Crippen LogP contribution >= 0.6 is 0 Å². The number of rotatable bonds is 10. The fraction of sp³-hybridized carbons (Fsp3) is 0.944. The molecule has 1 fully saturated rings. The third kappa shape index (κ3) is 8.74. The van der Waals surface area contributed by atoms with Crippen molar-refractivity contribution in [2.45, 2.75) is 78.4 Å². The first-order valence-corrected chi connectivity index (χ1v) is 8.81. The van der Waals surface area contributed by atoms with Crippen molar-refractivity contribution in [1.29, 1.82) is 0 Å². The Kier molecular flexibility index (Phi) is 8.40. The van der Waals surface area contributed by atoms with E-state index in [9.17, 15) is 4.79 Å². The molecule has 1 rings (SSSR count). The van der Waals surface area contributed by atoms with E-state index in [2.05, 4.69) is 19.2 Å². The molecule has 130 valence electrons. The van der Waals surface area contributed by atoms with Crippen molar-refractivity contribution in [2.75, 3.05) is 19.8 Å². The summed E-state index contributed by atoms with van der Waals surface area (Å²) in [6.07, 6.45) is 5.27. The molecule has 0 aromatic heterocycles. The molecule has 0 heterocycles. The van der Waals surface area contributed by atoms with Gasteiger partial charge in [0, 0.05) is 25.7 Å². The van der Waals surface area contributed by atoms with Gasteiger partial charge in [0.2, 0.25) is 5.91 Å². The van der Waals surface area contributed by atoms with Gasteiger partial charge in [-0.25, -0.2) is 0 Å². The Balaban J connectivity index is 1.96. The van der Waals surface area contributed by atoms with Crippen LogP contribution in [0, 0.1) is 11.8 Å². The van der Waals surface area contributed by atoms with Crippen LogP contribution in [0.2, 0.25) is 0 Å². The molecule has 1 aliphatic carbocycles. The Bertz CT molecular complexity index is 317. The summed E-state index contributed by atoms with van der Waals surface area (Å²) in [7, 11) is 0. The first-order valence-electron chi connectivity index (χ1n) is 8.81. The number of hydrogen-bond acceptors (Lipinski definition) is 3. The lowest BCUT2D eigenvalue weighted by Crippen LogP contribution is -2.42. The highest BCUT2D eigenvalue weighted by atomic mass is 16.5. The second kappa shape index (κ2) is 9.51. The molecule has 0 aromatic rings. The number of carbonyl (C=O) groups is 1. The lowest BCUT2D eigenvalue weighted by atomic mass is 9.81. The van der Waals surface area contributed by atoms with Gasteiger partial charge in [-0.3, -0.25) is 4.79 Å². The van der Waals surface area contributed by atoms with Crippen LogP contribution in [0.4, 0.5) is 0 Å². The Morgan fingerprint density at radius 3 is 2.45 bits per heavy atom. The summed E-state index contributed by atoms with van der Waals surface area (Å²) >= 11 is 0. The highest BCUT2D eigenvalue weighted by Crippen LogP contribution is 2.30. The minimum Gasteiger partial charge on any atom is -0.378 e. The lowest BCUT2D eigenvalue weighted by molar-refractivity contribution is -0.134. The van der Waals surface area contributed by atoms with Gasteiger partial charge < -0.3 is 14.8 Å². The number of amides is 1. The molecule has 0 aromatic carbocycles. The van der Waals surface area contributed by atoms with E-state index in [1.165, 1.54) is 6.42 Å².